The summed E-state index contributed by atoms with van der Waals surface area (Å²) in [5.41, 5.74) is 2.50. The molecule has 30 heavy (non-hydrogen) atoms. The van der Waals surface area contributed by atoms with Gasteiger partial charge in [0.15, 0.2) is 0 Å². The Bertz CT molecular complexity index is 1150. The molecule has 0 fully saturated rings. The van der Waals surface area contributed by atoms with E-state index < -0.39 is 5.91 Å². The van der Waals surface area contributed by atoms with Crippen LogP contribution in [0, 0.1) is 18.3 Å². The molecule has 8 heteroatoms. The molecule has 0 radical (unpaired) electrons. The van der Waals surface area contributed by atoms with Crippen molar-refractivity contribution in [3.63, 3.8) is 0 Å². The molecule has 0 spiro atoms. The van der Waals surface area contributed by atoms with E-state index in [2.05, 4.69) is 10.4 Å². The van der Waals surface area contributed by atoms with Gasteiger partial charge in [-0.3, -0.25) is 4.79 Å². The number of aromatic nitrogens is 2. The Balaban J connectivity index is 1.84. The number of nitrogens with one attached hydrogen (secondary N) is 1. The SMILES string of the molecule is COc1ccc(NC(=O)/C(C#N)=C/c2c(C)nn(Cc3ccccc3)c2Cl)cc1Cl. The first-order chi connectivity index (χ1) is 14.4. The second-order valence-corrected chi connectivity index (χ2v) is 7.17. The first-order valence-corrected chi connectivity index (χ1v) is 9.72. The van der Waals surface area contributed by atoms with Crippen LogP contribution < -0.4 is 10.1 Å². The molecule has 0 unspecified atom stereocenters. The smallest absolute Gasteiger partial charge is 0.266 e. The van der Waals surface area contributed by atoms with Crippen LogP contribution in [0.15, 0.2) is 54.1 Å². The van der Waals surface area contributed by atoms with E-state index in [0.717, 1.165) is 5.56 Å². The Hall–Kier alpha value is -3.27. The van der Waals surface area contributed by atoms with Crippen LogP contribution in [-0.2, 0) is 11.3 Å². The second kappa shape index (κ2) is 9.49. The third kappa shape index (κ3) is 4.82. The molecule has 0 bridgehead atoms. The number of halogens is 2. The van der Waals surface area contributed by atoms with Crippen molar-refractivity contribution >= 4 is 40.9 Å². The van der Waals surface area contributed by atoms with Gasteiger partial charge in [-0.25, -0.2) is 4.68 Å². The number of carbonyl (C=O) groups is 1. The summed E-state index contributed by atoms with van der Waals surface area (Å²) in [5.74, 6) is -0.0936. The number of nitriles is 1. The highest BCUT2D eigenvalue weighted by Crippen LogP contribution is 2.28. The van der Waals surface area contributed by atoms with Crippen molar-refractivity contribution in [2.45, 2.75) is 13.5 Å². The molecule has 0 aliphatic carbocycles. The van der Waals surface area contributed by atoms with Crippen LogP contribution in [-0.4, -0.2) is 22.8 Å². The Morgan fingerprint density at radius 2 is 2.00 bits per heavy atom. The maximum Gasteiger partial charge on any atom is 0.266 e. The van der Waals surface area contributed by atoms with Crippen LogP contribution >= 0.6 is 23.2 Å². The summed E-state index contributed by atoms with van der Waals surface area (Å²) in [6, 6.07) is 16.5. The molecule has 2 aromatic carbocycles. The molecule has 6 nitrogen and oxygen atoms in total. The molecule has 0 aliphatic rings. The summed E-state index contributed by atoms with van der Waals surface area (Å²) in [7, 11) is 1.50. The van der Waals surface area contributed by atoms with Gasteiger partial charge in [-0.1, -0.05) is 53.5 Å². The van der Waals surface area contributed by atoms with Gasteiger partial charge in [-0.05, 0) is 36.8 Å². The van der Waals surface area contributed by atoms with Gasteiger partial charge < -0.3 is 10.1 Å². The van der Waals surface area contributed by atoms with Crippen LogP contribution in [0.3, 0.4) is 0 Å². The third-order valence-corrected chi connectivity index (χ3v) is 5.04. The van der Waals surface area contributed by atoms with Crippen molar-refractivity contribution in [1.82, 2.24) is 9.78 Å². The average molecular weight is 441 g/mol. The highest BCUT2D eigenvalue weighted by atomic mass is 35.5. The molecular weight excluding hydrogens is 423 g/mol. The van der Waals surface area contributed by atoms with Crippen molar-refractivity contribution in [3.05, 3.63) is 81.1 Å². The lowest BCUT2D eigenvalue weighted by molar-refractivity contribution is -0.112. The van der Waals surface area contributed by atoms with Crippen molar-refractivity contribution < 1.29 is 9.53 Å². The van der Waals surface area contributed by atoms with Crippen LogP contribution in [0.4, 0.5) is 5.69 Å². The number of anilines is 1. The highest BCUT2D eigenvalue weighted by molar-refractivity contribution is 6.32. The van der Waals surface area contributed by atoms with Crippen LogP contribution in [0.2, 0.25) is 10.2 Å². The lowest BCUT2D eigenvalue weighted by Gasteiger charge is -2.07. The fourth-order valence-electron chi connectivity index (χ4n) is 2.83. The van der Waals surface area contributed by atoms with Gasteiger partial charge in [-0.15, -0.1) is 0 Å². The number of carbonyl (C=O) groups excluding carboxylic acids is 1. The summed E-state index contributed by atoms with van der Waals surface area (Å²) in [4.78, 5) is 12.6. The van der Waals surface area contributed by atoms with Gasteiger partial charge in [0.2, 0.25) is 0 Å². The summed E-state index contributed by atoms with van der Waals surface area (Å²) in [5, 5.41) is 17.3. The normalized spacial score (nSPS) is 11.1. The van der Waals surface area contributed by atoms with E-state index in [1.54, 1.807) is 29.8 Å². The molecule has 0 atom stereocenters. The summed E-state index contributed by atoms with van der Waals surface area (Å²) < 4.78 is 6.72. The average Bonchev–Trinajstić information content (AvgIpc) is 2.99. The fraction of sp³-hybridized carbons (Fsp3) is 0.136. The van der Waals surface area contributed by atoms with E-state index in [9.17, 15) is 10.1 Å². The zero-order valence-corrected chi connectivity index (χ0v) is 17.8. The summed E-state index contributed by atoms with van der Waals surface area (Å²) >= 11 is 12.6. The van der Waals surface area contributed by atoms with Crippen LogP contribution in [0.5, 0.6) is 5.75 Å². The minimum absolute atomic E-state index is 0.105. The lowest BCUT2D eigenvalue weighted by Crippen LogP contribution is -2.13. The third-order valence-electron chi connectivity index (χ3n) is 4.35. The predicted molar refractivity (Wildman–Crippen MR) is 118 cm³/mol. The van der Waals surface area contributed by atoms with Gasteiger partial charge in [0.25, 0.3) is 5.91 Å². The Morgan fingerprint density at radius 3 is 2.63 bits per heavy atom. The Labute approximate surface area is 184 Å². The van der Waals surface area contributed by atoms with Gasteiger partial charge in [0, 0.05) is 11.3 Å². The zero-order chi connectivity index (χ0) is 21.7. The molecule has 152 valence electrons. The number of methoxy groups -OCH3 is 1. The minimum atomic E-state index is -0.579. The van der Waals surface area contributed by atoms with E-state index in [4.69, 9.17) is 27.9 Å². The monoisotopic (exact) mass is 440 g/mol. The number of rotatable bonds is 6. The topological polar surface area (TPSA) is 79.9 Å². The van der Waals surface area contributed by atoms with Crippen molar-refractivity contribution in [3.8, 4) is 11.8 Å². The van der Waals surface area contributed by atoms with Crippen molar-refractivity contribution in [2.24, 2.45) is 0 Å². The number of amides is 1. The van der Waals surface area contributed by atoms with Crippen molar-refractivity contribution in [1.29, 1.82) is 5.26 Å². The minimum Gasteiger partial charge on any atom is -0.495 e. The summed E-state index contributed by atoms with van der Waals surface area (Å²) in [6.45, 7) is 2.25. The number of hydrogen-bond acceptors (Lipinski definition) is 4. The molecule has 3 aromatic rings. The largest absolute Gasteiger partial charge is 0.495 e. The van der Waals surface area contributed by atoms with Gasteiger partial charge in [0.1, 0.15) is 22.5 Å². The first kappa shape index (κ1) is 21.4. The van der Waals surface area contributed by atoms with E-state index in [1.165, 1.54) is 13.2 Å². The van der Waals surface area contributed by atoms with Crippen LogP contribution in [0.1, 0.15) is 16.8 Å². The standard InChI is InChI=1S/C22H18Cl2N4O2/c1-14-18(21(24)28(27-14)13-15-6-4-3-5-7-15)10-16(12-25)22(29)26-17-8-9-20(30-2)19(23)11-17/h3-11H,13H2,1-2H3,(H,26,29)/b16-10+. The number of nitrogens with zero attached hydrogens (tertiary/aromatic N) is 3. The quantitative estimate of drug-likeness (QED) is 0.426. The highest BCUT2D eigenvalue weighted by Gasteiger charge is 2.16. The molecule has 0 aliphatic heterocycles. The zero-order valence-electron chi connectivity index (χ0n) is 16.3. The van der Waals surface area contributed by atoms with Gasteiger partial charge >= 0.3 is 0 Å². The maximum absolute atomic E-state index is 12.6. The van der Waals surface area contributed by atoms with E-state index in [1.807, 2.05) is 36.4 Å². The Morgan fingerprint density at radius 1 is 1.27 bits per heavy atom. The van der Waals surface area contributed by atoms with Gasteiger partial charge in [0.05, 0.1) is 24.4 Å². The molecule has 0 saturated carbocycles. The van der Waals surface area contributed by atoms with E-state index in [-0.39, 0.29) is 5.57 Å². The maximum atomic E-state index is 12.6. The molecule has 1 heterocycles. The van der Waals surface area contributed by atoms with E-state index >= 15 is 0 Å². The van der Waals surface area contributed by atoms with Crippen molar-refractivity contribution in [2.75, 3.05) is 12.4 Å². The first-order valence-electron chi connectivity index (χ1n) is 8.96. The number of hydrogen-bond donors (Lipinski definition) is 1. The second-order valence-electron chi connectivity index (χ2n) is 6.41. The molecule has 0 saturated heterocycles. The number of aryl methyl sites for hydroxylation is 1. The molecule has 3 rings (SSSR count). The Kier molecular flexibility index (Phi) is 6.78. The van der Waals surface area contributed by atoms with Gasteiger partial charge in [-0.2, -0.15) is 10.4 Å². The lowest BCUT2D eigenvalue weighted by atomic mass is 10.1. The number of benzene rings is 2. The fourth-order valence-corrected chi connectivity index (χ4v) is 3.37. The molecule has 1 N–H and O–H groups in total. The van der Waals surface area contributed by atoms with Crippen LogP contribution in [0.25, 0.3) is 6.08 Å². The molecule has 1 amide bonds. The predicted octanol–water partition coefficient (Wildman–Crippen LogP) is 5.10. The van der Waals surface area contributed by atoms with E-state index in [0.29, 0.717) is 39.4 Å². The molecule has 1 aromatic heterocycles. The molecular formula is C22H18Cl2N4O2. The number of ether oxygens (including phenoxy) is 1. The summed E-state index contributed by atoms with van der Waals surface area (Å²) in [6.07, 6.45) is 1.44.